The Labute approximate surface area is 111 Å². The Morgan fingerprint density at radius 1 is 1.31 bits per heavy atom. The number of esters is 1. The fourth-order valence-electron chi connectivity index (χ4n) is 1.57. The second-order valence-corrected chi connectivity index (χ2v) is 5.01. The van der Waals surface area contributed by atoms with Crippen molar-refractivity contribution in [2.24, 2.45) is 0 Å². The van der Waals surface area contributed by atoms with Gasteiger partial charge < -0.3 is 4.74 Å². The molecule has 3 heteroatoms. The van der Waals surface area contributed by atoms with Gasteiger partial charge >= 0.3 is 5.97 Å². The van der Waals surface area contributed by atoms with E-state index in [1.807, 2.05) is 0 Å². The van der Waals surface area contributed by atoms with Crippen LogP contribution in [0.4, 0.5) is 0 Å². The van der Waals surface area contributed by atoms with Crippen LogP contribution in [-0.2, 0) is 16.0 Å². The summed E-state index contributed by atoms with van der Waals surface area (Å²) in [5.74, 6) is -0.103. The Morgan fingerprint density at radius 3 is 2.81 bits per heavy atom. The molecule has 16 heavy (non-hydrogen) atoms. The molecule has 1 aromatic carbocycles. The molecule has 0 aliphatic heterocycles. The van der Waals surface area contributed by atoms with Gasteiger partial charge in [0.05, 0.1) is 7.11 Å². The van der Waals surface area contributed by atoms with Gasteiger partial charge in [-0.25, -0.2) is 0 Å². The van der Waals surface area contributed by atoms with Gasteiger partial charge in [-0.1, -0.05) is 18.6 Å². The lowest BCUT2D eigenvalue weighted by Gasteiger charge is -2.02. The highest BCUT2D eigenvalue weighted by Gasteiger charge is 1.99. The predicted octanol–water partition coefficient (Wildman–Crippen LogP) is 3.57. The molecule has 1 aromatic rings. The molecular formula is C13H17IO2. The van der Waals surface area contributed by atoms with Crippen LogP contribution in [0.25, 0.3) is 0 Å². The van der Waals surface area contributed by atoms with Crippen LogP contribution < -0.4 is 0 Å². The highest BCUT2D eigenvalue weighted by molar-refractivity contribution is 14.1. The van der Waals surface area contributed by atoms with E-state index < -0.39 is 0 Å². The number of rotatable bonds is 6. The van der Waals surface area contributed by atoms with Crippen molar-refractivity contribution >= 4 is 28.6 Å². The number of aryl methyl sites for hydroxylation is 1. The minimum Gasteiger partial charge on any atom is -0.469 e. The smallest absolute Gasteiger partial charge is 0.305 e. The van der Waals surface area contributed by atoms with Crippen LogP contribution in [0.2, 0.25) is 0 Å². The van der Waals surface area contributed by atoms with E-state index in [1.54, 1.807) is 0 Å². The Bertz CT molecular complexity index is 336. The number of methoxy groups -OCH3 is 1. The van der Waals surface area contributed by atoms with Gasteiger partial charge in [0.25, 0.3) is 0 Å². The number of carbonyl (C=O) groups is 1. The summed E-state index contributed by atoms with van der Waals surface area (Å²) in [5, 5.41) is 0. The van der Waals surface area contributed by atoms with Crippen molar-refractivity contribution in [3.8, 4) is 0 Å². The van der Waals surface area contributed by atoms with Crippen LogP contribution >= 0.6 is 22.6 Å². The first kappa shape index (κ1) is 13.5. The zero-order valence-electron chi connectivity index (χ0n) is 9.54. The number of unbranched alkanes of at least 4 members (excludes halogenated alkanes) is 2. The molecule has 0 unspecified atom stereocenters. The molecule has 0 radical (unpaired) electrons. The highest BCUT2D eigenvalue weighted by Crippen LogP contribution is 2.11. The van der Waals surface area contributed by atoms with Crippen molar-refractivity contribution in [1.29, 1.82) is 0 Å². The number of ether oxygens (including phenoxy) is 1. The summed E-state index contributed by atoms with van der Waals surface area (Å²) in [7, 11) is 1.44. The van der Waals surface area contributed by atoms with Crippen LogP contribution in [0.3, 0.4) is 0 Å². The van der Waals surface area contributed by atoms with E-state index in [0.29, 0.717) is 6.42 Å². The molecule has 0 bridgehead atoms. The summed E-state index contributed by atoms with van der Waals surface area (Å²) in [6, 6.07) is 8.55. The fraction of sp³-hybridized carbons (Fsp3) is 0.462. The van der Waals surface area contributed by atoms with E-state index in [0.717, 1.165) is 25.7 Å². The molecule has 0 heterocycles. The maximum atomic E-state index is 10.9. The van der Waals surface area contributed by atoms with Gasteiger partial charge in [0.2, 0.25) is 0 Å². The van der Waals surface area contributed by atoms with E-state index in [1.165, 1.54) is 16.2 Å². The third-order valence-electron chi connectivity index (χ3n) is 2.46. The second-order valence-electron chi connectivity index (χ2n) is 3.77. The average Bonchev–Trinajstić information content (AvgIpc) is 2.28. The normalized spacial score (nSPS) is 10.1. The summed E-state index contributed by atoms with van der Waals surface area (Å²) >= 11 is 2.33. The third-order valence-corrected chi connectivity index (χ3v) is 3.13. The molecule has 0 saturated carbocycles. The molecule has 88 valence electrons. The molecule has 0 N–H and O–H groups in total. The molecule has 0 amide bonds. The van der Waals surface area contributed by atoms with Crippen molar-refractivity contribution in [3.05, 3.63) is 33.4 Å². The third kappa shape index (κ3) is 5.49. The Balaban J connectivity index is 2.14. The lowest BCUT2D eigenvalue weighted by molar-refractivity contribution is -0.140. The van der Waals surface area contributed by atoms with Gasteiger partial charge in [0.15, 0.2) is 0 Å². The van der Waals surface area contributed by atoms with Crippen LogP contribution in [0.1, 0.15) is 31.2 Å². The zero-order chi connectivity index (χ0) is 11.8. The summed E-state index contributed by atoms with van der Waals surface area (Å²) < 4.78 is 5.87. The summed E-state index contributed by atoms with van der Waals surface area (Å²) in [4.78, 5) is 10.9. The van der Waals surface area contributed by atoms with Crippen LogP contribution in [0.15, 0.2) is 24.3 Å². The average molecular weight is 332 g/mol. The van der Waals surface area contributed by atoms with E-state index in [9.17, 15) is 4.79 Å². The van der Waals surface area contributed by atoms with Gasteiger partial charge in [-0.15, -0.1) is 0 Å². The van der Waals surface area contributed by atoms with Gasteiger partial charge in [-0.3, -0.25) is 4.79 Å². The largest absolute Gasteiger partial charge is 0.469 e. The SMILES string of the molecule is COC(=O)CCCCCc1cccc(I)c1. The Hall–Kier alpha value is -0.580. The molecule has 1 rings (SSSR count). The van der Waals surface area contributed by atoms with E-state index in [2.05, 4.69) is 51.6 Å². The topological polar surface area (TPSA) is 26.3 Å². The first-order valence-electron chi connectivity index (χ1n) is 5.53. The highest BCUT2D eigenvalue weighted by atomic mass is 127. The number of halogens is 1. The van der Waals surface area contributed by atoms with Crippen LogP contribution in [0, 0.1) is 3.57 Å². The van der Waals surface area contributed by atoms with Crippen LogP contribution in [-0.4, -0.2) is 13.1 Å². The van der Waals surface area contributed by atoms with Crippen molar-refractivity contribution in [1.82, 2.24) is 0 Å². The van der Waals surface area contributed by atoms with Crippen LogP contribution in [0.5, 0.6) is 0 Å². The Morgan fingerprint density at radius 2 is 2.12 bits per heavy atom. The molecule has 0 aromatic heterocycles. The maximum Gasteiger partial charge on any atom is 0.305 e. The van der Waals surface area contributed by atoms with Gasteiger partial charge in [-0.05, 0) is 59.5 Å². The quantitative estimate of drug-likeness (QED) is 0.452. The number of hydrogen-bond donors (Lipinski definition) is 0. The summed E-state index contributed by atoms with van der Waals surface area (Å²) in [5.41, 5.74) is 1.38. The van der Waals surface area contributed by atoms with E-state index in [-0.39, 0.29) is 5.97 Å². The molecular weight excluding hydrogens is 315 g/mol. The molecule has 0 saturated heterocycles. The lowest BCUT2D eigenvalue weighted by atomic mass is 10.1. The molecule has 2 nitrogen and oxygen atoms in total. The molecule has 0 aliphatic rings. The summed E-state index contributed by atoms with van der Waals surface area (Å²) in [6.45, 7) is 0. The van der Waals surface area contributed by atoms with Gasteiger partial charge in [0.1, 0.15) is 0 Å². The lowest BCUT2D eigenvalue weighted by Crippen LogP contribution is -1.99. The summed E-state index contributed by atoms with van der Waals surface area (Å²) in [6.07, 6.45) is 4.79. The number of hydrogen-bond acceptors (Lipinski definition) is 2. The van der Waals surface area contributed by atoms with Crippen molar-refractivity contribution in [3.63, 3.8) is 0 Å². The maximum absolute atomic E-state index is 10.9. The van der Waals surface area contributed by atoms with Gasteiger partial charge in [0, 0.05) is 9.99 Å². The number of benzene rings is 1. The molecule has 0 spiro atoms. The Kier molecular flexibility index (Phi) is 6.45. The molecule has 0 aliphatic carbocycles. The standard InChI is InChI=1S/C13H17IO2/c1-16-13(15)9-4-2-3-6-11-7-5-8-12(14)10-11/h5,7-8,10H,2-4,6,9H2,1H3. The van der Waals surface area contributed by atoms with Crippen molar-refractivity contribution < 1.29 is 9.53 Å². The zero-order valence-corrected chi connectivity index (χ0v) is 11.7. The fourth-order valence-corrected chi connectivity index (χ4v) is 2.18. The first-order chi connectivity index (χ1) is 7.72. The van der Waals surface area contributed by atoms with Crippen molar-refractivity contribution in [2.75, 3.05) is 7.11 Å². The number of carbonyl (C=O) groups excluding carboxylic acids is 1. The van der Waals surface area contributed by atoms with E-state index >= 15 is 0 Å². The van der Waals surface area contributed by atoms with Crippen molar-refractivity contribution in [2.45, 2.75) is 32.1 Å². The van der Waals surface area contributed by atoms with E-state index in [4.69, 9.17) is 0 Å². The minimum absolute atomic E-state index is 0.103. The second kappa shape index (κ2) is 7.65. The monoisotopic (exact) mass is 332 g/mol. The first-order valence-corrected chi connectivity index (χ1v) is 6.61. The predicted molar refractivity (Wildman–Crippen MR) is 73.3 cm³/mol. The molecule has 0 fully saturated rings. The van der Waals surface area contributed by atoms with Gasteiger partial charge in [-0.2, -0.15) is 0 Å². The molecule has 0 atom stereocenters. The minimum atomic E-state index is -0.103.